The Morgan fingerprint density at radius 1 is 0.971 bits per heavy atom. The molecule has 170 valence electrons. The van der Waals surface area contributed by atoms with Gasteiger partial charge in [0.25, 0.3) is 11.5 Å². The van der Waals surface area contributed by atoms with E-state index in [-0.39, 0.29) is 18.0 Å². The Hall–Kier alpha value is -4.17. The van der Waals surface area contributed by atoms with Gasteiger partial charge in [-0.3, -0.25) is 14.2 Å². The molecule has 0 radical (unpaired) electrons. The second kappa shape index (κ2) is 8.99. The monoisotopic (exact) mass is 470 g/mol. The van der Waals surface area contributed by atoms with E-state index >= 15 is 0 Å². The third kappa shape index (κ3) is 4.11. The molecule has 34 heavy (non-hydrogen) atoms. The molecule has 2 aromatic heterocycles. The highest BCUT2D eigenvalue weighted by Gasteiger charge is 2.13. The summed E-state index contributed by atoms with van der Waals surface area (Å²) in [7, 11) is 1.60. The van der Waals surface area contributed by atoms with E-state index in [9.17, 15) is 9.59 Å². The third-order valence-electron chi connectivity index (χ3n) is 5.79. The molecule has 0 aliphatic carbocycles. The fourth-order valence-electron chi connectivity index (χ4n) is 3.96. The second-order valence-electron chi connectivity index (χ2n) is 7.97. The van der Waals surface area contributed by atoms with Crippen molar-refractivity contribution in [3.8, 4) is 5.75 Å². The molecule has 5 aromatic rings. The van der Waals surface area contributed by atoms with Crippen LogP contribution in [0.5, 0.6) is 5.75 Å². The zero-order chi connectivity index (χ0) is 23.7. The van der Waals surface area contributed by atoms with Crippen LogP contribution in [0.15, 0.2) is 77.6 Å². The van der Waals surface area contributed by atoms with E-state index in [4.69, 9.17) is 17.0 Å². The molecule has 0 spiro atoms. The molecule has 1 amide bonds. The minimum absolute atomic E-state index is 0.153. The molecular weight excluding hydrogens is 448 g/mol. The predicted octanol–water partition coefficient (Wildman–Crippen LogP) is 4.53. The number of carbonyl (C=O) groups excluding carboxylic acids is 1. The molecule has 7 nitrogen and oxygen atoms in total. The highest BCUT2D eigenvalue weighted by Crippen LogP contribution is 2.26. The van der Waals surface area contributed by atoms with Crippen LogP contribution in [0.3, 0.4) is 0 Å². The van der Waals surface area contributed by atoms with Gasteiger partial charge < -0.3 is 20.0 Å². The summed E-state index contributed by atoms with van der Waals surface area (Å²) < 4.78 is 7.14. The van der Waals surface area contributed by atoms with Gasteiger partial charge in [-0.25, -0.2) is 0 Å². The lowest BCUT2D eigenvalue weighted by molar-refractivity contribution is 0.0951. The summed E-state index contributed by atoms with van der Waals surface area (Å²) in [4.78, 5) is 32.1. The van der Waals surface area contributed by atoms with Gasteiger partial charge in [0.2, 0.25) is 0 Å². The highest BCUT2D eigenvalue weighted by atomic mass is 32.1. The van der Waals surface area contributed by atoms with Crippen LogP contribution in [-0.2, 0) is 13.1 Å². The second-order valence-corrected chi connectivity index (χ2v) is 8.36. The molecule has 0 aliphatic rings. The quantitative estimate of drug-likeness (QED) is 0.318. The lowest BCUT2D eigenvalue weighted by Crippen LogP contribution is -2.23. The van der Waals surface area contributed by atoms with Gasteiger partial charge in [0.05, 0.1) is 19.2 Å². The molecule has 0 atom stereocenters. The molecule has 0 bridgehead atoms. The van der Waals surface area contributed by atoms with Gasteiger partial charge in [-0.05, 0) is 53.7 Å². The third-order valence-corrected chi connectivity index (χ3v) is 6.12. The predicted molar refractivity (Wildman–Crippen MR) is 135 cm³/mol. The van der Waals surface area contributed by atoms with Gasteiger partial charge >= 0.3 is 0 Å². The van der Waals surface area contributed by atoms with Crippen LogP contribution in [0.2, 0.25) is 0 Å². The number of methoxy groups -OCH3 is 1. The van der Waals surface area contributed by atoms with Crippen molar-refractivity contribution in [1.82, 2.24) is 19.9 Å². The van der Waals surface area contributed by atoms with Crippen molar-refractivity contribution in [2.75, 3.05) is 7.11 Å². The average Bonchev–Trinajstić information content (AvgIpc) is 3.24. The molecule has 2 heterocycles. The van der Waals surface area contributed by atoms with Gasteiger partial charge in [0, 0.05) is 23.0 Å². The van der Waals surface area contributed by atoms with E-state index in [0.29, 0.717) is 33.7 Å². The van der Waals surface area contributed by atoms with Gasteiger partial charge in [-0.15, -0.1) is 0 Å². The number of nitrogens with one attached hydrogen (secondary N) is 3. The minimum Gasteiger partial charge on any atom is -0.497 e. The van der Waals surface area contributed by atoms with Crippen molar-refractivity contribution < 1.29 is 9.53 Å². The van der Waals surface area contributed by atoms with Crippen molar-refractivity contribution in [2.24, 2.45) is 0 Å². The number of H-pyrrole nitrogens is 2. The van der Waals surface area contributed by atoms with E-state index in [1.165, 1.54) is 4.57 Å². The first-order chi connectivity index (χ1) is 16.5. The van der Waals surface area contributed by atoms with Crippen LogP contribution >= 0.6 is 12.2 Å². The van der Waals surface area contributed by atoms with Crippen molar-refractivity contribution in [1.29, 1.82) is 0 Å². The lowest BCUT2D eigenvalue weighted by atomic mass is 10.1. The molecular formula is C26H22N4O3S. The fraction of sp³-hybridized carbons (Fsp3) is 0.115. The maximum atomic E-state index is 13.2. The van der Waals surface area contributed by atoms with Gasteiger partial charge in [-0.1, -0.05) is 42.5 Å². The Morgan fingerprint density at radius 3 is 2.47 bits per heavy atom. The molecule has 0 unspecified atom stereocenters. The van der Waals surface area contributed by atoms with Crippen molar-refractivity contribution in [3.63, 3.8) is 0 Å². The average molecular weight is 471 g/mol. The van der Waals surface area contributed by atoms with Gasteiger partial charge in [0.1, 0.15) is 11.3 Å². The Morgan fingerprint density at radius 2 is 1.74 bits per heavy atom. The molecule has 0 fully saturated rings. The first-order valence-electron chi connectivity index (χ1n) is 10.8. The van der Waals surface area contributed by atoms with Crippen LogP contribution in [0, 0.1) is 4.77 Å². The van der Waals surface area contributed by atoms with Crippen LogP contribution in [0.4, 0.5) is 0 Å². The zero-order valence-electron chi connectivity index (χ0n) is 18.4. The van der Waals surface area contributed by atoms with Gasteiger partial charge in [0.15, 0.2) is 4.77 Å². The summed E-state index contributed by atoms with van der Waals surface area (Å²) in [6.45, 7) is 0.747. The Kier molecular flexibility index (Phi) is 5.73. The molecule has 0 saturated carbocycles. The number of fused-ring (bicyclic) bond motifs is 3. The van der Waals surface area contributed by atoms with Crippen LogP contribution in [-0.4, -0.2) is 27.6 Å². The SMILES string of the molecule is COc1ccc2[nH]c3c(=O)n(Cc4ccc(C(=O)NCc5ccccc5)cc4)c(=S)[nH]c3c2c1. The number of hydrogen-bond donors (Lipinski definition) is 3. The molecule has 0 saturated heterocycles. The van der Waals surface area contributed by atoms with Crippen LogP contribution in [0.1, 0.15) is 21.5 Å². The fourth-order valence-corrected chi connectivity index (χ4v) is 4.21. The number of ether oxygens (including phenoxy) is 1. The molecule has 3 N–H and O–H groups in total. The number of aromatic amines is 2. The van der Waals surface area contributed by atoms with Crippen LogP contribution in [0.25, 0.3) is 21.9 Å². The van der Waals surface area contributed by atoms with Gasteiger partial charge in [-0.2, -0.15) is 0 Å². The number of amides is 1. The summed E-state index contributed by atoms with van der Waals surface area (Å²) in [6.07, 6.45) is 0. The zero-order valence-corrected chi connectivity index (χ0v) is 19.2. The Labute approximate surface area is 200 Å². The standard InChI is InChI=1S/C26H22N4O3S/c1-33-19-11-12-21-20(13-19)22-23(28-21)25(32)30(26(34)29-22)15-17-7-9-18(10-8-17)24(31)27-14-16-5-3-2-4-6-16/h2-13,28H,14-15H2,1H3,(H,27,31)(H,29,34). The normalized spacial score (nSPS) is 11.1. The maximum absolute atomic E-state index is 13.2. The van der Waals surface area contributed by atoms with E-state index < -0.39 is 0 Å². The number of hydrogen-bond acceptors (Lipinski definition) is 4. The maximum Gasteiger partial charge on any atom is 0.278 e. The largest absolute Gasteiger partial charge is 0.497 e. The Balaban J connectivity index is 1.38. The molecule has 0 aliphatic heterocycles. The first kappa shape index (κ1) is 21.7. The number of aromatic nitrogens is 3. The number of benzene rings is 3. The van der Waals surface area contributed by atoms with E-state index in [0.717, 1.165) is 22.0 Å². The topological polar surface area (TPSA) is 91.9 Å². The van der Waals surface area contributed by atoms with Crippen molar-refractivity contribution >= 4 is 40.1 Å². The van der Waals surface area contributed by atoms with E-state index in [1.54, 1.807) is 19.2 Å². The summed E-state index contributed by atoms with van der Waals surface area (Å²) in [5.74, 6) is 0.546. The smallest absolute Gasteiger partial charge is 0.278 e. The number of carbonyl (C=O) groups is 1. The minimum atomic E-state index is -0.210. The van der Waals surface area contributed by atoms with E-state index in [2.05, 4.69) is 15.3 Å². The molecule has 3 aromatic carbocycles. The number of nitrogens with zero attached hydrogens (tertiary/aromatic N) is 1. The molecule has 8 heteroatoms. The van der Waals surface area contributed by atoms with E-state index in [1.807, 2.05) is 60.7 Å². The summed E-state index contributed by atoms with van der Waals surface area (Å²) >= 11 is 5.50. The summed E-state index contributed by atoms with van der Waals surface area (Å²) in [6, 6.07) is 22.5. The van der Waals surface area contributed by atoms with Crippen molar-refractivity contribution in [3.05, 3.63) is 105 Å². The van der Waals surface area contributed by atoms with Crippen LogP contribution < -0.4 is 15.6 Å². The summed E-state index contributed by atoms with van der Waals surface area (Å²) in [5, 5.41) is 3.76. The molecule has 5 rings (SSSR count). The summed E-state index contributed by atoms with van der Waals surface area (Å²) in [5.41, 5.74) is 4.17. The Bertz CT molecular complexity index is 1620. The first-order valence-corrected chi connectivity index (χ1v) is 11.2. The van der Waals surface area contributed by atoms with Crippen molar-refractivity contribution in [2.45, 2.75) is 13.1 Å². The lowest BCUT2D eigenvalue weighted by Gasteiger charge is -2.09. The number of rotatable bonds is 6. The highest BCUT2D eigenvalue weighted by molar-refractivity contribution is 7.71.